The Morgan fingerprint density at radius 1 is 0.971 bits per heavy atom. The number of nitrogens with one attached hydrogen (secondary N) is 1. The first-order valence-corrected chi connectivity index (χ1v) is 12.1. The molecule has 1 aliphatic heterocycles. The summed E-state index contributed by atoms with van der Waals surface area (Å²) in [5, 5.41) is 5.16. The Morgan fingerprint density at radius 2 is 1.65 bits per heavy atom. The van der Waals surface area contributed by atoms with Crippen molar-refractivity contribution in [3.63, 3.8) is 0 Å². The first kappa shape index (κ1) is 22.3. The van der Waals surface area contributed by atoms with Crippen molar-refractivity contribution in [3.05, 3.63) is 72.3 Å². The van der Waals surface area contributed by atoms with Gasteiger partial charge in [0.2, 0.25) is 5.91 Å². The van der Waals surface area contributed by atoms with Crippen molar-refractivity contribution < 1.29 is 14.3 Å². The highest BCUT2D eigenvalue weighted by Gasteiger charge is 2.47. The van der Waals surface area contributed by atoms with Gasteiger partial charge < -0.3 is 15.4 Å². The topological polar surface area (TPSA) is 84.7 Å². The average molecular weight is 458 g/mol. The molecule has 1 aliphatic carbocycles. The van der Waals surface area contributed by atoms with Gasteiger partial charge in [-0.25, -0.2) is 4.79 Å². The van der Waals surface area contributed by atoms with Gasteiger partial charge >= 0.3 is 6.09 Å². The smallest absolute Gasteiger partial charge is 0.412 e. The number of rotatable bonds is 5. The fraction of sp³-hybridized carbons (Fsp3) is 0.357. The second-order valence-corrected chi connectivity index (χ2v) is 9.60. The number of nitrogens with two attached hydrogens (primary N) is 1. The predicted octanol–water partition coefficient (Wildman–Crippen LogP) is 5.46. The van der Waals surface area contributed by atoms with E-state index in [-0.39, 0.29) is 23.8 Å². The maximum Gasteiger partial charge on any atom is 0.412 e. The summed E-state index contributed by atoms with van der Waals surface area (Å²) in [5.74, 6) is -0.169. The maximum atomic E-state index is 12.7. The van der Waals surface area contributed by atoms with Crippen LogP contribution in [0.3, 0.4) is 0 Å². The van der Waals surface area contributed by atoms with Gasteiger partial charge in [0.05, 0.1) is 11.4 Å². The minimum atomic E-state index is -0.474. The molecule has 3 aromatic rings. The summed E-state index contributed by atoms with van der Waals surface area (Å²) in [7, 11) is 0. The third-order valence-corrected chi connectivity index (χ3v) is 7.66. The molecule has 1 atom stereocenters. The van der Waals surface area contributed by atoms with Gasteiger partial charge in [-0.15, -0.1) is 0 Å². The van der Waals surface area contributed by atoms with Gasteiger partial charge in [-0.3, -0.25) is 10.1 Å². The number of fused-ring (bicyclic) bond motifs is 1. The van der Waals surface area contributed by atoms with Crippen LogP contribution in [0.5, 0.6) is 0 Å². The molecule has 6 nitrogen and oxygen atoms in total. The molecule has 0 bridgehead atoms. The lowest BCUT2D eigenvalue weighted by Crippen LogP contribution is -2.45. The summed E-state index contributed by atoms with van der Waals surface area (Å²) in [6, 6.07) is 21.9. The van der Waals surface area contributed by atoms with Crippen LogP contribution in [-0.4, -0.2) is 25.1 Å². The first-order valence-electron chi connectivity index (χ1n) is 12.1. The fourth-order valence-corrected chi connectivity index (χ4v) is 5.83. The van der Waals surface area contributed by atoms with E-state index < -0.39 is 6.09 Å². The largest absolute Gasteiger partial charge is 0.444 e. The van der Waals surface area contributed by atoms with Crippen LogP contribution in [0.2, 0.25) is 0 Å². The molecule has 5 rings (SSSR count). The molecule has 1 unspecified atom stereocenters. The quantitative estimate of drug-likeness (QED) is 0.533. The van der Waals surface area contributed by atoms with Crippen molar-refractivity contribution in [2.45, 2.75) is 38.7 Å². The first-order chi connectivity index (χ1) is 16.5. The van der Waals surface area contributed by atoms with Crippen molar-refractivity contribution in [2.75, 3.05) is 23.3 Å². The minimum absolute atomic E-state index is 0.0168. The molecular weight excluding hydrogens is 426 g/mol. The monoisotopic (exact) mass is 457 g/mol. The normalized spacial score (nSPS) is 19.3. The van der Waals surface area contributed by atoms with E-state index in [1.807, 2.05) is 54.6 Å². The van der Waals surface area contributed by atoms with E-state index in [1.165, 1.54) is 0 Å². The molecule has 34 heavy (non-hydrogen) atoms. The van der Waals surface area contributed by atoms with Gasteiger partial charge in [0, 0.05) is 19.0 Å². The van der Waals surface area contributed by atoms with E-state index in [0.717, 1.165) is 72.9 Å². The van der Waals surface area contributed by atoms with E-state index in [9.17, 15) is 9.59 Å². The van der Waals surface area contributed by atoms with Gasteiger partial charge in [-0.1, -0.05) is 61.0 Å². The number of primary amides is 1. The molecule has 3 N–H and O–H groups in total. The standard InChI is InChI=1S/C28H31N3O3/c29-26(32)23-11-6-12-28(23)13-15-31(16-14-28)25-18-22-10-5-4-9-21(22)17-24(25)30-27(33)34-19-20-7-2-1-3-8-20/h1-5,7-10,17-18,23H,6,11-16,19H2,(H2,29,32)(H,30,33). The number of piperidine rings is 1. The van der Waals surface area contributed by atoms with Crippen LogP contribution in [0.1, 0.15) is 37.7 Å². The molecule has 6 heteroatoms. The predicted molar refractivity (Wildman–Crippen MR) is 135 cm³/mol. The number of hydrogen-bond donors (Lipinski definition) is 2. The highest BCUT2D eigenvalue weighted by molar-refractivity contribution is 5.98. The number of ether oxygens (including phenoxy) is 1. The Bertz CT molecular complexity index is 1190. The summed E-state index contributed by atoms with van der Waals surface area (Å²) in [4.78, 5) is 27.1. The molecule has 1 saturated carbocycles. The molecule has 0 radical (unpaired) electrons. The number of carbonyl (C=O) groups excluding carboxylic acids is 2. The Morgan fingerprint density at radius 3 is 2.35 bits per heavy atom. The second-order valence-electron chi connectivity index (χ2n) is 9.60. The lowest BCUT2D eigenvalue weighted by atomic mass is 9.70. The third-order valence-electron chi connectivity index (χ3n) is 7.66. The van der Waals surface area contributed by atoms with E-state index in [2.05, 4.69) is 22.3 Å². The van der Waals surface area contributed by atoms with E-state index in [0.29, 0.717) is 0 Å². The van der Waals surface area contributed by atoms with E-state index >= 15 is 0 Å². The number of benzene rings is 3. The van der Waals surface area contributed by atoms with Crippen LogP contribution in [-0.2, 0) is 16.1 Å². The van der Waals surface area contributed by atoms with Crippen molar-refractivity contribution in [1.82, 2.24) is 0 Å². The molecule has 1 spiro atoms. The van der Waals surface area contributed by atoms with Gasteiger partial charge in [0.15, 0.2) is 0 Å². The molecule has 2 fully saturated rings. The highest BCUT2D eigenvalue weighted by atomic mass is 16.5. The summed E-state index contributed by atoms with van der Waals surface area (Å²) >= 11 is 0. The number of nitrogens with zero attached hydrogens (tertiary/aromatic N) is 1. The third kappa shape index (κ3) is 4.45. The Hall–Kier alpha value is -3.54. The molecule has 1 heterocycles. The summed E-state index contributed by atoms with van der Waals surface area (Å²) in [6.45, 7) is 1.88. The van der Waals surface area contributed by atoms with Crippen LogP contribution in [0.25, 0.3) is 10.8 Å². The number of amides is 2. The molecule has 2 amide bonds. The van der Waals surface area contributed by atoms with Crippen LogP contribution < -0.4 is 16.0 Å². The van der Waals surface area contributed by atoms with Gasteiger partial charge in [-0.2, -0.15) is 0 Å². The lowest BCUT2D eigenvalue weighted by molar-refractivity contribution is -0.125. The summed E-state index contributed by atoms with van der Waals surface area (Å²) in [6.07, 6.45) is 4.45. The SMILES string of the molecule is NC(=O)C1CCCC12CCN(c1cc3ccccc3cc1NC(=O)OCc1ccccc1)CC2. The second kappa shape index (κ2) is 9.37. The summed E-state index contributed by atoms with van der Waals surface area (Å²) < 4.78 is 5.48. The Labute approximate surface area is 200 Å². The van der Waals surface area contributed by atoms with Crippen molar-refractivity contribution >= 4 is 34.1 Å². The molecule has 0 aromatic heterocycles. The van der Waals surface area contributed by atoms with Crippen molar-refractivity contribution in [2.24, 2.45) is 17.1 Å². The summed E-state index contributed by atoms with van der Waals surface area (Å²) in [5.41, 5.74) is 8.45. The number of carbonyl (C=O) groups is 2. The Kier molecular flexibility index (Phi) is 6.14. The molecular formula is C28H31N3O3. The molecule has 3 aromatic carbocycles. The molecule has 1 saturated heterocycles. The Balaban J connectivity index is 1.36. The average Bonchev–Trinajstić information content (AvgIpc) is 3.27. The van der Waals surface area contributed by atoms with E-state index in [4.69, 9.17) is 10.5 Å². The van der Waals surface area contributed by atoms with Crippen molar-refractivity contribution in [1.29, 1.82) is 0 Å². The maximum absolute atomic E-state index is 12.7. The minimum Gasteiger partial charge on any atom is -0.444 e. The van der Waals surface area contributed by atoms with Crippen LogP contribution >= 0.6 is 0 Å². The molecule has 176 valence electrons. The van der Waals surface area contributed by atoms with Crippen molar-refractivity contribution in [3.8, 4) is 0 Å². The van der Waals surface area contributed by atoms with Crippen LogP contribution in [0.15, 0.2) is 66.7 Å². The van der Waals surface area contributed by atoms with Crippen LogP contribution in [0, 0.1) is 11.3 Å². The highest BCUT2D eigenvalue weighted by Crippen LogP contribution is 2.51. The van der Waals surface area contributed by atoms with Gasteiger partial charge in [0.25, 0.3) is 0 Å². The zero-order valence-corrected chi connectivity index (χ0v) is 19.3. The van der Waals surface area contributed by atoms with Crippen LogP contribution in [0.4, 0.5) is 16.2 Å². The number of hydrogen-bond acceptors (Lipinski definition) is 4. The zero-order chi connectivity index (χ0) is 23.5. The molecule has 2 aliphatic rings. The van der Waals surface area contributed by atoms with Gasteiger partial charge in [0.1, 0.15) is 6.61 Å². The lowest BCUT2D eigenvalue weighted by Gasteiger charge is -2.43. The number of anilines is 2. The van der Waals surface area contributed by atoms with E-state index in [1.54, 1.807) is 0 Å². The zero-order valence-electron chi connectivity index (χ0n) is 19.3. The fourth-order valence-electron chi connectivity index (χ4n) is 5.83. The van der Waals surface area contributed by atoms with Gasteiger partial charge in [-0.05, 0) is 59.6 Å².